The molecule has 0 saturated heterocycles. The summed E-state index contributed by atoms with van der Waals surface area (Å²) in [5.74, 6) is -0.0532. The van der Waals surface area contributed by atoms with Gasteiger partial charge in [-0.1, -0.05) is 0 Å². The van der Waals surface area contributed by atoms with Crippen molar-refractivity contribution in [2.75, 3.05) is 0 Å². The normalized spacial score (nSPS) is 10.3. The summed E-state index contributed by atoms with van der Waals surface area (Å²) in [5, 5.41) is 0. The molecule has 0 fully saturated rings. The standard InChI is InChI=1S/C11H11N3O/c1-8-3-4-9(5-13-8)11(15)10-6-12-7-14(10)2/h3-7H,1-2H3. The number of imidazole rings is 1. The van der Waals surface area contributed by atoms with E-state index in [1.165, 1.54) is 0 Å². The smallest absolute Gasteiger partial charge is 0.212 e. The van der Waals surface area contributed by atoms with Crippen LogP contribution in [0, 0.1) is 6.92 Å². The molecule has 2 aromatic heterocycles. The van der Waals surface area contributed by atoms with Crippen LogP contribution in [-0.4, -0.2) is 20.3 Å². The number of ketones is 1. The summed E-state index contributed by atoms with van der Waals surface area (Å²) in [5.41, 5.74) is 2.06. The fourth-order valence-corrected chi connectivity index (χ4v) is 1.33. The van der Waals surface area contributed by atoms with Crippen LogP contribution in [0.1, 0.15) is 21.7 Å². The van der Waals surface area contributed by atoms with Gasteiger partial charge in [-0.05, 0) is 19.1 Å². The molecule has 2 rings (SSSR count). The molecule has 2 aromatic rings. The maximum Gasteiger partial charge on any atom is 0.212 e. The van der Waals surface area contributed by atoms with Gasteiger partial charge in [-0.25, -0.2) is 4.98 Å². The highest BCUT2D eigenvalue weighted by atomic mass is 16.1. The Morgan fingerprint density at radius 1 is 1.33 bits per heavy atom. The molecule has 0 aliphatic heterocycles. The SMILES string of the molecule is Cc1ccc(C(=O)c2cncn2C)cn1. The number of carbonyl (C=O) groups excluding carboxylic acids is 1. The summed E-state index contributed by atoms with van der Waals surface area (Å²) in [6.07, 6.45) is 4.75. The lowest BCUT2D eigenvalue weighted by Gasteiger charge is -2.01. The Hall–Kier alpha value is -1.97. The van der Waals surface area contributed by atoms with Crippen LogP contribution in [0.4, 0.5) is 0 Å². The second kappa shape index (κ2) is 3.65. The molecule has 15 heavy (non-hydrogen) atoms. The van der Waals surface area contributed by atoms with Crippen LogP contribution in [0.5, 0.6) is 0 Å². The van der Waals surface area contributed by atoms with Crippen LogP contribution in [0.3, 0.4) is 0 Å². The van der Waals surface area contributed by atoms with E-state index in [4.69, 9.17) is 0 Å². The zero-order valence-electron chi connectivity index (χ0n) is 8.64. The van der Waals surface area contributed by atoms with E-state index in [2.05, 4.69) is 9.97 Å². The van der Waals surface area contributed by atoms with Crippen LogP contribution in [0.25, 0.3) is 0 Å². The third kappa shape index (κ3) is 1.79. The van der Waals surface area contributed by atoms with Crippen molar-refractivity contribution >= 4 is 5.78 Å². The van der Waals surface area contributed by atoms with Crippen LogP contribution < -0.4 is 0 Å². The maximum atomic E-state index is 11.9. The number of rotatable bonds is 2. The summed E-state index contributed by atoms with van der Waals surface area (Å²) in [6.45, 7) is 1.89. The van der Waals surface area contributed by atoms with Crippen LogP contribution in [0.15, 0.2) is 30.9 Å². The summed E-state index contributed by atoms with van der Waals surface area (Å²) >= 11 is 0. The number of aromatic nitrogens is 3. The van der Waals surface area contributed by atoms with Crippen molar-refractivity contribution in [3.63, 3.8) is 0 Å². The van der Waals surface area contributed by atoms with Crippen LogP contribution >= 0.6 is 0 Å². The molecule has 2 heterocycles. The first kappa shape index (κ1) is 9.58. The molecule has 0 aliphatic carbocycles. The number of aryl methyl sites for hydroxylation is 2. The molecule has 0 unspecified atom stereocenters. The molecule has 0 saturated carbocycles. The molecule has 4 nitrogen and oxygen atoms in total. The van der Waals surface area contributed by atoms with Gasteiger partial charge >= 0.3 is 0 Å². The highest BCUT2D eigenvalue weighted by molar-refractivity contribution is 6.07. The Morgan fingerprint density at radius 3 is 2.67 bits per heavy atom. The minimum absolute atomic E-state index is 0.0532. The Labute approximate surface area is 87.6 Å². The molecule has 0 radical (unpaired) electrons. The monoisotopic (exact) mass is 201 g/mol. The topological polar surface area (TPSA) is 47.8 Å². The summed E-state index contributed by atoms with van der Waals surface area (Å²) in [4.78, 5) is 19.9. The summed E-state index contributed by atoms with van der Waals surface area (Å²) in [7, 11) is 1.79. The molecule has 76 valence electrons. The molecule has 0 spiro atoms. The van der Waals surface area contributed by atoms with Crippen molar-refractivity contribution < 1.29 is 4.79 Å². The molecular weight excluding hydrogens is 190 g/mol. The maximum absolute atomic E-state index is 11.9. The van der Waals surface area contributed by atoms with Crippen molar-refractivity contribution in [2.45, 2.75) is 6.92 Å². The highest BCUT2D eigenvalue weighted by Crippen LogP contribution is 2.07. The Bertz CT molecular complexity index is 485. The average Bonchev–Trinajstić information content (AvgIpc) is 2.65. The van der Waals surface area contributed by atoms with Gasteiger partial charge in [0.1, 0.15) is 5.69 Å². The quantitative estimate of drug-likeness (QED) is 0.689. The molecule has 0 amide bonds. The fourth-order valence-electron chi connectivity index (χ4n) is 1.33. The predicted octanol–water partition coefficient (Wildman–Crippen LogP) is 1.35. The van der Waals surface area contributed by atoms with E-state index in [1.54, 1.807) is 36.4 Å². The fraction of sp³-hybridized carbons (Fsp3) is 0.182. The van der Waals surface area contributed by atoms with E-state index in [9.17, 15) is 4.79 Å². The second-order valence-electron chi connectivity index (χ2n) is 3.41. The van der Waals surface area contributed by atoms with Crippen LogP contribution in [-0.2, 0) is 7.05 Å². The Balaban J connectivity index is 2.37. The largest absolute Gasteiger partial charge is 0.331 e. The number of carbonyl (C=O) groups is 1. The zero-order chi connectivity index (χ0) is 10.8. The van der Waals surface area contributed by atoms with Gasteiger partial charge in [-0.2, -0.15) is 0 Å². The third-order valence-electron chi connectivity index (χ3n) is 2.22. The first-order valence-electron chi connectivity index (χ1n) is 4.62. The molecule has 4 heteroatoms. The van der Waals surface area contributed by atoms with Gasteiger partial charge in [0.25, 0.3) is 0 Å². The number of hydrogen-bond donors (Lipinski definition) is 0. The van der Waals surface area contributed by atoms with Crippen LogP contribution in [0.2, 0.25) is 0 Å². The first-order chi connectivity index (χ1) is 7.18. The molecule has 0 bridgehead atoms. The van der Waals surface area contributed by atoms with Gasteiger partial charge < -0.3 is 4.57 Å². The van der Waals surface area contributed by atoms with Gasteiger partial charge in [0.05, 0.1) is 12.5 Å². The number of nitrogens with zero attached hydrogens (tertiary/aromatic N) is 3. The van der Waals surface area contributed by atoms with E-state index >= 15 is 0 Å². The first-order valence-corrected chi connectivity index (χ1v) is 4.62. The van der Waals surface area contributed by atoms with Crippen molar-refractivity contribution in [3.05, 3.63) is 47.8 Å². The number of pyridine rings is 1. The Morgan fingerprint density at radius 2 is 2.13 bits per heavy atom. The lowest BCUT2D eigenvalue weighted by molar-refractivity contribution is 0.103. The van der Waals surface area contributed by atoms with E-state index in [0.717, 1.165) is 5.69 Å². The second-order valence-corrected chi connectivity index (χ2v) is 3.41. The van der Waals surface area contributed by atoms with E-state index < -0.39 is 0 Å². The van der Waals surface area contributed by atoms with Crippen molar-refractivity contribution in [1.29, 1.82) is 0 Å². The summed E-state index contributed by atoms with van der Waals surface area (Å²) < 4.78 is 1.70. The van der Waals surface area contributed by atoms with Gasteiger partial charge in [0.15, 0.2) is 0 Å². The minimum atomic E-state index is -0.0532. The molecule has 0 aliphatic rings. The molecule has 0 aromatic carbocycles. The van der Waals surface area contributed by atoms with Gasteiger partial charge in [0, 0.05) is 24.5 Å². The molecule has 0 N–H and O–H groups in total. The lowest BCUT2D eigenvalue weighted by Crippen LogP contribution is -2.07. The van der Waals surface area contributed by atoms with Crippen molar-refractivity contribution in [3.8, 4) is 0 Å². The lowest BCUT2D eigenvalue weighted by atomic mass is 10.1. The third-order valence-corrected chi connectivity index (χ3v) is 2.22. The van der Waals surface area contributed by atoms with Gasteiger partial charge in [-0.3, -0.25) is 9.78 Å². The predicted molar refractivity (Wildman–Crippen MR) is 55.6 cm³/mol. The van der Waals surface area contributed by atoms with Gasteiger partial charge in [-0.15, -0.1) is 0 Å². The number of hydrogen-bond acceptors (Lipinski definition) is 3. The highest BCUT2D eigenvalue weighted by Gasteiger charge is 2.12. The van der Waals surface area contributed by atoms with E-state index in [0.29, 0.717) is 11.3 Å². The van der Waals surface area contributed by atoms with E-state index in [1.807, 2.05) is 13.0 Å². The van der Waals surface area contributed by atoms with Crippen molar-refractivity contribution in [2.24, 2.45) is 7.05 Å². The Kier molecular flexibility index (Phi) is 2.33. The van der Waals surface area contributed by atoms with Crippen molar-refractivity contribution in [1.82, 2.24) is 14.5 Å². The zero-order valence-corrected chi connectivity index (χ0v) is 8.64. The van der Waals surface area contributed by atoms with E-state index in [-0.39, 0.29) is 5.78 Å². The summed E-state index contributed by atoms with van der Waals surface area (Å²) in [6, 6.07) is 3.60. The average molecular weight is 201 g/mol. The van der Waals surface area contributed by atoms with Gasteiger partial charge in [0.2, 0.25) is 5.78 Å². The molecular formula is C11H11N3O. The minimum Gasteiger partial charge on any atom is -0.331 e. The molecule has 0 atom stereocenters.